The molecular weight excluding hydrogens is 332 g/mol. The molecule has 0 unspecified atom stereocenters. The average molecular weight is 356 g/mol. The predicted octanol–water partition coefficient (Wildman–Crippen LogP) is 3.34. The Labute approximate surface area is 153 Å². The lowest BCUT2D eigenvalue weighted by Crippen LogP contribution is -2.41. The highest BCUT2D eigenvalue weighted by atomic mass is 16.5. The van der Waals surface area contributed by atoms with Crippen molar-refractivity contribution >= 4 is 17.5 Å². The van der Waals surface area contributed by atoms with Crippen LogP contribution in [0, 0.1) is 5.92 Å². The Morgan fingerprint density at radius 3 is 2.58 bits per heavy atom. The first-order valence-corrected chi connectivity index (χ1v) is 8.94. The van der Waals surface area contributed by atoms with E-state index in [0.717, 1.165) is 12.2 Å². The van der Waals surface area contributed by atoms with Crippen LogP contribution in [0.5, 0.6) is 5.75 Å². The molecule has 0 saturated carbocycles. The number of para-hydroxylation sites is 2. The van der Waals surface area contributed by atoms with Gasteiger partial charge in [0, 0.05) is 25.4 Å². The van der Waals surface area contributed by atoms with Crippen molar-refractivity contribution in [3.63, 3.8) is 0 Å². The van der Waals surface area contributed by atoms with Gasteiger partial charge in [0.2, 0.25) is 5.91 Å². The Bertz CT molecular complexity index is 776. The number of hydrogen-bond donors (Lipinski definition) is 1. The first-order valence-electron chi connectivity index (χ1n) is 8.94. The number of rotatable bonds is 5. The first kappa shape index (κ1) is 18.0. The van der Waals surface area contributed by atoms with Crippen molar-refractivity contribution in [1.29, 1.82) is 0 Å². The smallest absolute Gasteiger partial charge is 0.289 e. The summed E-state index contributed by atoms with van der Waals surface area (Å²) < 4.78 is 10.8. The summed E-state index contributed by atoms with van der Waals surface area (Å²) in [4.78, 5) is 26.8. The fourth-order valence-corrected chi connectivity index (χ4v) is 3.17. The first-order chi connectivity index (χ1) is 12.6. The third kappa shape index (κ3) is 3.90. The van der Waals surface area contributed by atoms with Gasteiger partial charge in [-0.25, -0.2) is 0 Å². The van der Waals surface area contributed by atoms with Gasteiger partial charge in [0.25, 0.3) is 5.91 Å². The molecule has 1 aromatic carbocycles. The lowest BCUT2D eigenvalue weighted by atomic mass is 9.95. The summed E-state index contributed by atoms with van der Waals surface area (Å²) >= 11 is 0. The highest BCUT2D eigenvalue weighted by Gasteiger charge is 2.29. The maximum atomic E-state index is 12.5. The molecule has 2 heterocycles. The maximum Gasteiger partial charge on any atom is 0.289 e. The Morgan fingerprint density at radius 1 is 1.19 bits per heavy atom. The van der Waals surface area contributed by atoms with Crippen LogP contribution >= 0.6 is 0 Å². The Hall–Kier alpha value is -2.76. The van der Waals surface area contributed by atoms with Crippen LogP contribution in [0.25, 0.3) is 0 Å². The number of furan rings is 1. The lowest BCUT2D eigenvalue weighted by Gasteiger charge is -2.30. The molecule has 3 rings (SSSR count). The summed E-state index contributed by atoms with van der Waals surface area (Å²) in [5.41, 5.74) is 0.668. The molecule has 0 spiro atoms. The second kappa shape index (κ2) is 8.08. The summed E-state index contributed by atoms with van der Waals surface area (Å²) in [7, 11) is 1.58. The lowest BCUT2D eigenvalue weighted by molar-refractivity contribution is -0.121. The minimum Gasteiger partial charge on any atom is -0.495 e. The molecule has 0 aliphatic carbocycles. The van der Waals surface area contributed by atoms with Crippen LogP contribution in [0.15, 0.2) is 40.8 Å². The van der Waals surface area contributed by atoms with E-state index >= 15 is 0 Å². The quantitative estimate of drug-likeness (QED) is 0.892. The number of hydrogen-bond acceptors (Lipinski definition) is 4. The molecule has 1 saturated heterocycles. The van der Waals surface area contributed by atoms with E-state index in [1.165, 1.54) is 0 Å². The van der Waals surface area contributed by atoms with E-state index in [1.807, 2.05) is 37.3 Å². The monoisotopic (exact) mass is 356 g/mol. The Morgan fingerprint density at radius 2 is 1.92 bits per heavy atom. The molecule has 26 heavy (non-hydrogen) atoms. The zero-order chi connectivity index (χ0) is 18.5. The van der Waals surface area contributed by atoms with Gasteiger partial charge in [-0.15, -0.1) is 0 Å². The normalized spacial score (nSPS) is 14.9. The number of likely N-dealkylation sites (tertiary alicyclic amines) is 1. The van der Waals surface area contributed by atoms with Gasteiger partial charge in [0.15, 0.2) is 5.76 Å². The molecule has 2 aromatic rings. The van der Waals surface area contributed by atoms with Crippen LogP contribution in [0.1, 0.15) is 36.1 Å². The van der Waals surface area contributed by atoms with E-state index in [9.17, 15) is 9.59 Å². The highest BCUT2D eigenvalue weighted by Crippen LogP contribution is 2.26. The van der Waals surface area contributed by atoms with Crippen LogP contribution in [0.2, 0.25) is 0 Å². The summed E-state index contributed by atoms with van der Waals surface area (Å²) in [6, 6.07) is 10.9. The van der Waals surface area contributed by atoms with Gasteiger partial charge in [-0.3, -0.25) is 9.59 Å². The van der Waals surface area contributed by atoms with E-state index in [2.05, 4.69) is 5.32 Å². The Kier molecular flexibility index (Phi) is 5.61. The summed E-state index contributed by atoms with van der Waals surface area (Å²) in [6.45, 7) is 3.08. The second-order valence-electron chi connectivity index (χ2n) is 6.38. The minimum atomic E-state index is -0.119. The maximum absolute atomic E-state index is 12.5. The van der Waals surface area contributed by atoms with Gasteiger partial charge in [-0.2, -0.15) is 0 Å². The fourth-order valence-electron chi connectivity index (χ4n) is 3.17. The number of nitrogens with one attached hydrogen (secondary N) is 1. The van der Waals surface area contributed by atoms with Crippen molar-refractivity contribution in [3.8, 4) is 5.75 Å². The second-order valence-corrected chi connectivity index (χ2v) is 6.38. The van der Waals surface area contributed by atoms with E-state index in [-0.39, 0.29) is 17.7 Å². The predicted molar refractivity (Wildman–Crippen MR) is 98.3 cm³/mol. The third-order valence-corrected chi connectivity index (χ3v) is 4.74. The molecule has 0 bridgehead atoms. The molecule has 0 atom stereocenters. The standard InChI is InChI=1S/C20H24N2O4/c1-3-15-8-9-18(26-15)20(24)22-12-10-14(11-13-22)19(23)21-16-6-4-5-7-17(16)25-2/h4-9,14H,3,10-13H2,1-2H3,(H,21,23). The summed E-state index contributed by atoms with van der Waals surface area (Å²) in [5, 5.41) is 2.93. The summed E-state index contributed by atoms with van der Waals surface area (Å²) in [6.07, 6.45) is 2.03. The number of benzene rings is 1. The Balaban J connectivity index is 1.56. The van der Waals surface area contributed by atoms with Crippen LogP contribution in [0.3, 0.4) is 0 Å². The van der Waals surface area contributed by atoms with E-state index in [4.69, 9.17) is 9.15 Å². The SMILES string of the molecule is CCc1ccc(C(=O)N2CCC(C(=O)Nc3ccccc3OC)CC2)o1. The van der Waals surface area contributed by atoms with Gasteiger partial charge in [0.1, 0.15) is 11.5 Å². The van der Waals surface area contributed by atoms with Crippen LogP contribution in [0.4, 0.5) is 5.69 Å². The van der Waals surface area contributed by atoms with Gasteiger partial charge in [-0.1, -0.05) is 19.1 Å². The molecule has 1 N–H and O–H groups in total. The zero-order valence-electron chi connectivity index (χ0n) is 15.2. The average Bonchev–Trinajstić information content (AvgIpc) is 3.17. The number of methoxy groups -OCH3 is 1. The van der Waals surface area contributed by atoms with E-state index in [0.29, 0.717) is 43.1 Å². The fraction of sp³-hybridized carbons (Fsp3) is 0.400. The molecule has 138 valence electrons. The van der Waals surface area contributed by atoms with E-state index in [1.54, 1.807) is 18.1 Å². The molecular formula is C20H24N2O4. The van der Waals surface area contributed by atoms with Crippen molar-refractivity contribution < 1.29 is 18.7 Å². The number of ether oxygens (including phenoxy) is 1. The number of anilines is 1. The number of carbonyl (C=O) groups is 2. The number of carbonyl (C=O) groups excluding carboxylic acids is 2. The van der Waals surface area contributed by atoms with Crippen molar-refractivity contribution in [2.45, 2.75) is 26.2 Å². The van der Waals surface area contributed by atoms with Crippen molar-refractivity contribution in [2.24, 2.45) is 5.92 Å². The van der Waals surface area contributed by atoms with Crippen LogP contribution in [-0.4, -0.2) is 36.9 Å². The molecule has 2 amide bonds. The van der Waals surface area contributed by atoms with Gasteiger partial charge < -0.3 is 19.4 Å². The van der Waals surface area contributed by atoms with Crippen molar-refractivity contribution in [2.75, 3.05) is 25.5 Å². The van der Waals surface area contributed by atoms with Crippen LogP contribution < -0.4 is 10.1 Å². The number of nitrogens with zero attached hydrogens (tertiary/aromatic N) is 1. The van der Waals surface area contributed by atoms with Gasteiger partial charge >= 0.3 is 0 Å². The highest BCUT2D eigenvalue weighted by molar-refractivity contribution is 5.95. The van der Waals surface area contributed by atoms with Gasteiger partial charge in [0.05, 0.1) is 12.8 Å². The summed E-state index contributed by atoms with van der Waals surface area (Å²) in [5.74, 6) is 1.56. The van der Waals surface area contributed by atoms with Crippen LogP contribution in [-0.2, 0) is 11.2 Å². The molecule has 1 aromatic heterocycles. The molecule has 1 fully saturated rings. The minimum absolute atomic E-state index is 0.0344. The molecule has 6 heteroatoms. The van der Waals surface area contributed by atoms with Crippen molar-refractivity contribution in [3.05, 3.63) is 47.9 Å². The largest absolute Gasteiger partial charge is 0.495 e. The van der Waals surface area contributed by atoms with Crippen molar-refractivity contribution in [1.82, 2.24) is 4.90 Å². The molecule has 1 aliphatic rings. The number of amides is 2. The van der Waals surface area contributed by atoms with Gasteiger partial charge in [-0.05, 0) is 37.1 Å². The molecule has 1 aliphatic heterocycles. The zero-order valence-corrected chi connectivity index (χ0v) is 15.2. The number of piperidine rings is 1. The number of aryl methyl sites for hydroxylation is 1. The molecule has 6 nitrogen and oxygen atoms in total. The third-order valence-electron chi connectivity index (χ3n) is 4.74. The van der Waals surface area contributed by atoms with E-state index < -0.39 is 0 Å². The molecule has 0 radical (unpaired) electrons. The topological polar surface area (TPSA) is 71.8 Å².